The van der Waals surface area contributed by atoms with Crippen molar-refractivity contribution in [2.24, 2.45) is 5.92 Å². The van der Waals surface area contributed by atoms with Gasteiger partial charge in [0.25, 0.3) is 0 Å². The van der Waals surface area contributed by atoms with Crippen LogP contribution in [-0.4, -0.2) is 52.5 Å². The molecule has 1 aromatic rings. The Morgan fingerprint density at radius 1 is 1.32 bits per heavy atom. The van der Waals surface area contributed by atoms with E-state index in [0.29, 0.717) is 18.6 Å². The van der Waals surface area contributed by atoms with Gasteiger partial charge in [0.05, 0.1) is 19.6 Å². The number of halogens is 1. The third-order valence-corrected chi connectivity index (χ3v) is 5.39. The number of esters is 1. The van der Waals surface area contributed by atoms with Crippen molar-refractivity contribution in [2.45, 2.75) is 31.2 Å². The molecule has 2 fully saturated rings. The zero-order valence-corrected chi connectivity index (χ0v) is 15.0. The van der Waals surface area contributed by atoms with Crippen LogP contribution in [0.25, 0.3) is 0 Å². The number of hydrogen-bond donors (Lipinski definition) is 1. The summed E-state index contributed by atoms with van der Waals surface area (Å²) >= 11 is 0. The number of methoxy groups -OCH3 is 2. The fraction of sp³-hybridized carbons (Fsp3) is 0.632. The van der Waals surface area contributed by atoms with Gasteiger partial charge in [-0.1, -0.05) is 6.07 Å². The number of ether oxygens (including phenoxy) is 2. The molecule has 1 N–H and O–H groups in total. The Hall–Kier alpha value is -1.66. The highest BCUT2D eigenvalue weighted by atomic mass is 19.1. The molecule has 0 amide bonds. The number of rotatable bonds is 5. The largest absolute Gasteiger partial charge is 0.469 e. The molecule has 138 valence electrons. The Balaban J connectivity index is 1.73. The number of piperidine rings is 1. The van der Waals surface area contributed by atoms with E-state index in [9.17, 15) is 9.18 Å². The Morgan fingerprint density at radius 2 is 2.08 bits per heavy atom. The fourth-order valence-corrected chi connectivity index (χ4v) is 4.04. The van der Waals surface area contributed by atoms with Crippen molar-refractivity contribution in [3.8, 4) is 0 Å². The summed E-state index contributed by atoms with van der Waals surface area (Å²) in [6.07, 6.45) is 2.49. The van der Waals surface area contributed by atoms with E-state index in [-0.39, 0.29) is 17.7 Å². The summed E-state index contributed by atoms with van der Waals surface area (Å²) in [5.41, 5.74) is 2.15. The molecule has 0 spiro atoms. The van der Waals surface area contributed by atoms with E-state index >= 15 is 0 Å². The maximum atomic E-state index is 13.9. The van der Waals surface area contributed by atoms with Crippen LogP contribution < -0.4 is 10.2 Å². The predicted molar refractivity (Wildman–Crippen MR) is 94.4 cm³/mol. The van der Waals surface area contributed by atoms with Gasteiger partial charge in [0, 0.05) is 38.5 Å². The molecule has 1 aromatic carbocycles. The minimum Gasteiger partial charge on any atom is -0.469 e. The summed E-state index contributed by atoms with van der Waals surface area (Å²) < 4.78 is 24.0. The molecule has 6 heteroatoms. The van der Waals surface area contributed by atoms with Gasteiger partial charge in [-0.3, -0.25) is 4.79 Å². The molecular formula is C19H27FN2O3. The smallest absolute Gasteiger partial charge is 0.308 e. The number of carbonyl (C=O) groups is 1. The minimum absolute atomic E-state index is 0.0440. The molecule has 0 aromatic heterocycles. The first-order valence-electron chi connectivity index (χ1n) is 8.97. The second-order valence-electron chi connectivity index (χ2n) is 6.98. The Morgan fingerprint density at radius 3 is 2.76 bits per heavy atom. The third kappa shape index (κ3) is 4.12. The van der Waals surface area contributed by atoms with Crippen molar-refractivity contribution < 1.29 is 18.7 Å². The zero-order chi connectivity index (χ0) is 17.8. The van der Waals surface area contributed by atoms with Gasteiger partial charge in [-0.15, -0.1) is 0 Å². The van der Waals surface area contributed by atoms with Crippen molar-refractivity contribution in [1.29, 1.82) is 0 Å². The van der Waals surface area contributed by atoms with Crippen molar-refractivity contribution in [2.75, 3.05) is 45.4 Å². The van der Waals surface area contributed by atoms with Crippen molar-refractivity contribution in [3.05, 3.63) is 29.6 Å². The summed E-state index contributed by atoms with van der Waals surface area (Å²) in [7, 11) is 3.15. The molecule has 0 bridgehead atoms. The van der Waals surface area contributed by atoms with Gasteiger partial charge in [-0.2, -0.15) is 0 Å². The molecule has 2 atom stereocenters. The van der Waals surface area contributed by atoms with E-state index in [0.717, 1.165) is 44.6 Å². The normalized spacial score (nSPS) is 24.5. The molecule has 0 unspecified atom stereocenters. The lowest BCUT2D eigenvalue weighted by molar-refractivity contribution is -0.146. The summed E-state index contributed by atoms with van der Waals surface area (Å²) in [5.74, 6) is -0.0404. The first-order chi connectivity index (χ1) is 12.1. The SMILES string of the molecule is COC[C@@H]1C[C@@H](c2ccc(F)cc2N2CCC(C(=O)OC)CC2)CN1. The predicted octanol–water partition coefficient (Wildman–Crippen LogP) is 2.31. The quantitative estimate of drug-likeness (QED) is 0.826. The van der Waals surface area contributed by atoms with Crippen LogP contribution in [0.15, 0.2) is 18.2 Å². The second kappa shape index (κ2) is 8.15. The summed E-state index contributed by atoms with van der Waals surface area (Å²) in [6, 6.07) is 5.44. The molecule has 0 aliphatic carbocycles. The summed E-state index contributed by atoms with van der Waals surface area (Å²) in [4.78, 5) is 13.9. The molecule has 0 saturated carbocycles. The fourth-order valence-electron chi connectivity index (χ4n) is 4.04. The highest BCUT2D eigenvalue weighted by molar-refractivity contribution is 5.72. The van der Waals surface area contributed by atoms with Gasteiger partial charge in [0.1, 0.15) is 5.82 Å². The lowest BCUT2D eigenvalue weighted by Gasteiger charge is -2.34. The van der Waals surface area contributed by atoms with E-state index in [1.165, 1.54) is 12.7 Å². The Labute approximate surface area is 148 Å². The summed E-state index contributed by atoms with van der Waals surface area (Å²) in [6.45, 7) is 3.07. The van der Waals surface area contributed by atoms with Crippen LogP contribution >= 0.6 is 0 Å². The molecule has 3 rings (SSSR count). The molecule has 2 aliphatic rings. The minimum atomic E-state index is -0.215. The van der Waals surface area contributed by atoms with E-state index < -0.39 is 0 Å². The van der Waals surface area contributed by atoms with Gasteiger partial charge in [-0.05, 0) is 42.9 Å². The maximum absolute atomic E-state index is 13.9. The number of hydrogen-bond acceptors (Lipinski definition) is 5. The lowest BCUT2D eigenvalue weighted by atomic mass is 9.91. The topological polar surface area (TPSA) is 50.8 Å². The van der Waals surface area contributed by atoms with E-state index in [1.807, 2.05) is 6.07 Å². The number of anilines is 1. The van der Waals surface area contributed by atoms with Crippen LogP contribution in [0.1, 0.15) is 30.7 Å². The number of benzene rings is 1. The second-order valence-corrected chi connectivity index (χ2v) is 6.98. The average Bonchev–Trinajstić information content (AvgIpc) is 3.10. The van der Waals surface area contributed by atoms with E-state index in [1.54, 1.807) is 19.2 Å². The van der Waals surface area contributed by atoms with E-state index in [4.69, 9.17) is 9.47 Å². The molecule has 25 heavy (non-hydrogen) atoms. The monoisotopic (exact) mass is 350 g/mol. The molecule has 2 saturated heterocycles. The molecular weight excluding hydrogens is 323 g/mol. The van der Waals surface area contributed by atoms with Gasteiger partial charge < -0.3 is 19.7 Å². The van der Waals surface area contributed by atoms with Crippen LogP contribution in [0.2, 0.25) is 0 Å². The van der Waals surface area contributed by atoms with Gasteiger partial charge in [-0.25, -0.2) is 4.39 Å². The van der Waals surface area contributed by atoms with Crippen molar-refractivity contribution >= 4 is 11.7 Å². The summed E-state index contributed by atoms with van der Waals surface area (Å²) in [5, 5.41) is 3.48. The molecule has 5 nitrogen and oxygen atoms in total. The lowest BCUT2D eigenvalue weighted by Crippen LogP contribution is -2.37. The van der Waals surface area contributed by atoms with Gasteiger partial charge in [0.15, 0.2) is 0 Å². The first kappa shape index (κ1) is 18.1. The van der Waals surface area contributed by atoms with Crippen LogP contribution in [0, 0.1) is 11.7 Å². The molecule has 0 radical (unpaired) electrons. The number of nitrogens with one attached hydrogen (secondary N) is 1. The number of nitrogens with zero attached hydrogens (tertiary/aromatic N) is 1. The molecule has 2 aliphatic heterocycles. The van der Waals surface area contributed by atoms with E-state index in [2.05, 4.69) is 10.2 Å². The zero-order valence-electron chi connectivity index (χ0n) is 15.0. The standard InChI is InChI=1S/C19H27FN2O3/c1-24-12-16-9-14(11-21-16)17-4-3-15(20)10-18(17)22-7-5-13(6-8-22)19(23)25-2/h3-4,10,13-14,16,21H,5-9,11-12H2,1-2H3/t14-,16+/m1/s1. The van der Waals surface area contributed by atoms with Gasteiger partial charge >= 0.3 is 5.97 Å². The van der Waals surface area contributed by atoms with Crippen LogP contribution in [0.5, 0.6) is 0 Å². The third-order valence-electron chi connectivity index (χ3n) is 5.39. The Bertz CT molecular complexity index is 602. The van der Waals surface area contributed by atoms with Crippen LogP contribution in [0.3, 0.4) is 0 Å². The van der Waals surface area contributed by atoms with Crippen molar-refractivity contribution in [3.63, 3.8) is 0 Å². The highest BCUT2D eigenvalue weighted by Crippen LogP contribution is 2.35. The average molecular weight is 350 g/mol. The van der Waals surface area contributed by atoms with Gasteiger partial charge in [0.2, 0.25) is 0 Å². The highest BCUT2D eigenvalue weighted by Gasteiger charge is 2.31. The maximum Gasteiger partial charge on any atom is 0.308 e. The number of carbonyl (C=O) groups excluding carboxylic acids is 1. The Kier molecular flexibility index (Phi) is 5.91. The van der Waals surface area contributed by atoms with Crippen LogP contribution in [0.4, 0.5) is 10.1 Å². The first-order valence-corrected chi connectivity index (χ1v) is 8.97. The van der Waals surface area contributed by atoms with Crippen LogP contribution in [-0.2, 0) is 14.3 Å². The molecule has 2 heterocycles. The van der Waals surface area contributed by atoms with Crippen molar-refractivity contribution in [1.82, 2.24) is 5.32 Å².